The smallest absolute Gasteiger partial charge is 0.279 e. The topological polar surface area (TPSA) is 149 Å². The molecule has 5 rings (SSSR count). The summed E-state index contributed by atoms with van der Waals surface area (Å²) in [6.45, 7) is 3.55. The summed E-state index contributed by atoms with van der Waals surface area (Å²) in [5, 5.41) is 1.81. The lowest BCUT2D eigenvalue weighted by molar-refractivity contribution is 0.146. The number of aromatic nitrogens is 2. The lowest BCUT2D eigenvalue weighted by Crippen LogP contribution is -2.41. The molecule has 1 fully saturated rings. The van der Waals surface area contributed by atoms with Crippen LogP contribution in [0, 0.1) is 0 Å². The van der Waals surface area contributed by atoms with Crippen molar-refractivity contribution in [3.8, 4) is 5.75 Å². The standard InChI is InChI=1S/C24H31N5O6S3/c1-34-8-9-35-18-12-17-13-21(24-26-15-19(36-24)16-29-6-10-37(30,31)11-7-29)27-23(17)20(14-18)28-38(32,33)22-4-2-3-5-25-22/h2-5,12-14,19,27-28,30-31H,6-11,15-16H2,1H3. The van der Waals surface area contributed by atoms with Crippen molar-refractivity contribution in [3.05, 3.63) is 48.3 Å². The van der Waals surface area contributed by atoms with Crippen LogP contribution in [0.15, 0.2) is 52.6 Å². The second-order valence-corrected chi connectivity index (χ2v) is 14.5. The fourth-order valence-electron chi connectivity index (χ4n) is 4.34. The van der Waals surface area contributed by atoms with Crippen LogP contribution in [0.4, 0.5) is 5.69 Å². The van der Waals surface area contributed by atoms with Crippen molar-refractivity contribution in [2.75, 3.05) is 62.7 Å². The van der Waals surface area contributed by atoms with Gasteiger partial charge in [-0.3, -0.25) is 23.7 Å². The van der Waals surface area contributed by atoms with Gasteiger partial charge in [-0.25, -0.2) is 4.98 Å². The summed E-state index contributed by atoms with van der Waals surface area (Å²) in [6.07, 6.45) is 1.43. The van der Waals surface area contributed by atoms with E-state index in [0.29, 0.717) is 61.3 Å². The van der Waals surface area contributed by atoms with E-state index in [9.17, 15) is 17.5 Å². The highest BCUT2D eigenvalue weighted by Gasteiger charge is 2.28. The van der Waals surface area contributed by atoms with E-state index in [0.717, 1.165) is 22.7 Å². The van der Waals surface area contributed by atoms with Crippen LogP contribution in [-0.4, -0.2) is 101 Å². The molecule has 3 aromatic rings. The molecule has 0 bridgehead atoms. The van der Waals surface area contributed by atoms with Gasteiger partial charge in [0.15, 0.2) is 5.03 Å². The highest BCUT2D eigenvalue weighted by molar-refractivity contribution is 8.24. The molecule has 206 valence electrons. The average molecular weight is 582 g/mol. The van der Waals surface area contributed by atoms with Gasteiger partial charge in [-0.15, -0.1) is 0 Å². The molecular weight excluding hydrogens is 550 g/mol. The largest absolute Gasteiger partial charge is 0.491 e. The lowest BCUT2D eigenvalue weighted by Gasteiger charge is -2.41. The number of pyridine rings is 1. The van der Waals surface area contributed by atoms with Crippen LogP contribution in [0.1, 0.15) is 5.69 Å². The lowest BCUT2D eigenvalue weighted by atomic mass is 10.2. The molecule has 1 saturated heterocycles. The van der Waals surface area contributed by atoms with Crippen molar-refractivity contribution >= 4 is 54.0 Å². The van der Waals surface area contributed by atoms with Gasteiger partial charge in [0.2, 0.25) is 0 Å². The Labute approximate surface area is 227 Å². The first-order chi connectivity index (χ1) is 18.2. The molecule has 4 N–H and O–H groups in total. The highest BCUT2D eigenvalue weighted by Crippen LogP contribution is 2.41. The number of hydrogen-bond donors (Lipinski definition) is 4. The monoisotopic (exact) mass is 581 g/mol. The summed E-state index contributed by atoms with van der Waals surface area (Å²) in [6, 6.07) is 10.2. The molecule has 2 aliphatic rings. The number of hydrogen-bond acceptors (Lipinski definition) is 10. The zero-order valence-corrected chi connectivity index (χ0v) is 23.3. The van der Waals surface area contributed by atoms with E-state index in [1.807, 2.05) is 12.1 Å². The van der Waals surface area contributed by atoms with Crippen LogP contribution >= 0.6 is 22.4 Å². The normalized spacial score (nSPS) is 20.8. The molecule has 38 heavy (non-hydrogen) atoms. The summed E-state index contributed by atoms with van der Waals surface area (Å²) < 4.78 is 59.4. The minimum Gasteiger partial charge on any atom is -0.491 e. The number of rotatable bonds is 10. The van der Waals surface area contributed by atoms with Gasteiger partial charge in [-0.2, -0.15) is 19.0 Å². The molecule has 0 spiro atoms. The molecule has 2 aliphatic heterocycles. The number of benzene rings is 1. The van der Waals surface area contributed by atoms with Gasteiger partial charge in [-0.1, -0.05) is 17.8 Å². The first kappa shape index (κ1) is 27.2. The Kier molecular flexibility index (Phi) is 8.19. The van der Waals surface area contributed by atoms with E-state index in [1.54, 1.807) is 37.1 Å². The number of fused-ring (bicyclic) bond motifs is 1. The molecular formula is C24H31N5O6S3. The molecule has 4 heterocycles. The predicted molar refractivity (Wildman–Crippen MR) is 153 cm³/mol. The van der Waals surface area contributed by atoms with Gasteiger partial charge in [0.05, 0.1) is 41.6 Å². The number of thioether (sulfide) groups is 1. The Morgan fingerprint density at radius 3 is 2.76 bits per heavy atom. The van der Waals surface area contributed by atoms with Crippen LogP contribution in [-0.2, 0) is 14.8 Å². The third-order valence-corrected chi connectivity index (χ3v) is 10.5. The summed E-state index contributed by atoms with van der Waals surface area (Å²) >= 11 is 1.67. The van der Waals surface area contributed by atoms with E-state index < -0.39 is 20.6 Å². The summed E-state index contributed by atoms with van der Waals surface area (Å²) in [4.78, 5) is 14.3. The number of sulfonamides is 1. The average Bonchev–Trinajstić information content (AvgIpc) is 3.53. The number of nitrogens with one attached hydrogen (secondary N) is 2. The number of methoxy groups -OCH3 is 1. The van der Waals surface area contributed by atoms with Crippen molar-refractivity contribution in [3.63, 3.8) is 0 Å². The maximum atomic E-state index is 13.0. The molecule has 1 unspecified atom stereocenters. The van der Waals surface area contributed by atoms with Gasteiger partial charge in [0.1, 0.15) is 17.4 Å². The van der Waals surface area contributed by atoms with Crippen LogP contribution in [0.3, 0.4) is 0 Å². The fraction of sp³-hybridized carbons (Fsp3) is 0.417. The number of anilines is 1. The molecule has 1 aromatic carbocycles. The number of nitrogens with zero attached hydrogens (tertiary/aromatic N) is 3. The molecule has 14 heteroatoms. The Morgan fingerprint density at radius 1 is 1.21 bits per heavy atom. The Bertz CT molecular complexity index is 1400. The van der Waals surface area contributed by atoms with Crippen LogP contribution in [0.25, 0.3) is 10.9 Å². The van der Waals surface area contributed by atoms with Crippen molar-refractivity contribution in [2.24, 2.45) is 4.99 Å². The minimum atomic E-state index is -3.93. The van der Waals surface area contributed by atoms with Gasteiger partial charge in [0, 0.05) is 49.6 Å². The Hall–Kier alpha value is -2.33. The quantitative estimate of drug-likeness (QED) is 0.265. The molecule has 1 atom stereocenters. The first-order valence-corrected chi connectivity index (χ1v) is 16.4. The molecule has 0 radical (unpaired) electrons. The first-order valence-electron chi connectivity index (χ1n) is 12.1. The Balaban J connectivity index is 1.36. The maximum Gasteiger partial charge on any atom is 0.279 e. The van der Waals surface area contributed by atoms with Crippen molar-refractivity contribution in [2.45, 2.75) is 10.3 Å². The van der Waals surface area contributed by atoms with E-state index in [1.165, 1.54) is 12.3 Å². The van der Waals surface area contributed by atoms with Crippen molar-refractivity contribution < 1.29 is 27.0 Å². The number of aromatic amines is 1. The predicted octanol–water partition coefficient (Wildman–Crippen LogP) is 3.32. The van der Waals surface area contributed by atoms with Crippen LogP contribution in [0.2, 0.25) is 0 Å². The molecule has 0 amide bonds. The molecule has 11 nitrogen and oxygen atoms in total. The SMILES string of the molecule is COCCOc1cc(NS(=O)(=O)c2ccccn2)c2[nH]c(C3=NCC(CN4CCS(O)(O)CC4)S3)cc2c1. The highest BCUT2D eigenvalue weighted by atomic mass is 32.3. The summed E-state index contributed by atoms with van der Waals surface area (Å²) in [5.41, 5.74) is 1.76. The summed E-state index contributed by atoms with van der Waals surface area (Å²) in [7, 11) is -4.76. The fourth-order valence-corrected chi connectivity index (χ4v) is 7.79. The van der Waals surface area contributed by atoms with Crippen molar-refractivity contribution in [1.82, 2.24) is 14.9 Å². The second-order valence-electron chi connectivity index (χ2n) is 9.13. The van der Waals surface area contributed by atoms with E-state index >= 15 is 0 Å². The third kappa shape index (κ3) is 6.45. The number of H-pyrrole nitrogens is 1. The molecule has 0 aliphatic carbocycles. The minimum absolute atomic E-state index is 0.0804. The van der Waals surface area contributed by atoms with E-state index in [2.05, 4.69) is 19.6 Å². The van der Waals surface area contributed by atoms with E-state index in [-0.39, 0.29) is 10.3 Å². The second kappa shape index (κ2) is 11.4. The number of ether oxygens (including phenoxy) is 2. The zero-order chi connectivity index (χ0) is 26.8. The van der Waals surface area contributed by atoms with E-state index in [4.69, 9.17) is 14.5 Å². The van der Waals surface area contributed by atoms with Crippen molar-refractivity contribution in [1.29, 1.82) is 0 Å². The van der Waals surface area contributed by atoms with Crippen LogP contribution in [0.5, 0.6) is 5.75 Å². The summed E-state index contributed by atoms with van der Waals surface area (Å²) in [5.74, 6) is 1.35. The van der Waals surface area contributed by atoms with Gasteiger partial charge >= 0.3 is 0 Å². The Morgan fingerprint density at radius 2 is 2.03 bits per heavy atom. The number of aliphatic imine (C=N–C) groups is 1. The molecule has 2 aromatic heterocycles. The maximum absolute atomic E-state index is 13.0. The van der Waals surface area contributed by atoms with Gasteiger partial charge < -0.3 is 14.5 Å². The van der Waals surface area contributed by atoms with Gasteiger partial charge in [0.25, 0.3) is 10.0 Å². The zero-order valence-electron chi connectivity index (χ0n) is 20.9. The van der Waals surface area contributed by atoms with Crippen LogP contribution < -0.4 is 9.46 Å². The third-order valence-electron chi connectivity index (χ3n) is 6.29. The molecule has 0 saturated carbocycles. The van der Waals surface area contributed by atoms with Gasteiger partial charge in [-0.05, 0) is 24.3 Å².